The highest BCUT2D eigenvalue weighted by atomic mass is 16.2. The van der Waals surface area contributed by atoms with E-state index in [1.807, 2.05) is 0 Å². The molecule has 0 bridgehead atoms. The van der Waals surface area contributed by atoms with Gasteiger partial charge in [0.1, 0.15) is 0 Å². The fourth-order valence-corrected chi connectivity index (χ4v) is 3.85. The average Bonchev–Trinajstić information content (AvgIpc) is 2.33. The lowest BCUT2D eigenvalue weighted by atomic mass is 9.63. The highest BCUT2D eigenvalue weighted by Crippen LogP contribution is 2.47. The summed E-state index contributed by atoms with van der Waals surface area (Å²) in [5, 5.41) is 0. The molecule has 0 spiro atoms. The largest absolute Gasteiger partial charge is 0.342 e. The van der Waals surface area contributed by atoms with Gasteiger partial charge in [-0.05, 0) is 50.9 Å². The highest BCUT2D eigenvalue weighted by molar-refractivity contribution is 5.83. The summed E-state index contributed by atoms with van der Waals surface area (Å²) < 4.78 is 0. The molecule has 0 aromatic carbocycles. The van der Waals surface area contributed by atoms with Crippen LogP contribution in [-0.2, 0) is 4.79 Å². The van der Waals surface area contributed by atoms with E-state index in [1.54, 1.807) is 0 Å². The zero-order chi connectivity index (χ0) is 14.0. The maximum Gasteiger partial charge on any atom is 0.228 e. The highest BCUT2D eigenvalue weighted by Gasteiger charge is 2.46. The Hall–Kier alpha value is -0.570. The van der Waals surface area contributed by atoms with Gasteiger partial charge >= 0.3 is 0 Å². The molecule has 1 saturated heterocycles. The number of piperidine rings is 1. The fraction of sp³-hybridized carbons (Fsp3) is 0.938. The molecule has 2 unspecified atom stereocenters. The summed E-state index contributed by atoms with van der Waals surface area (Å²) in [5.41, 5.74) is 6.01. The van der Waals surface area contributed by atoms with Crippen molar-refractivity contribution in [3.05, 3.63) is 0 Å². The van der Waals surface area contributed by atoms with Gasteiger partial charge in [0, 0.05) is 24.5 Å². The number of carbonyl (C=O) groups excluding carboxylic acids is 1. The monoisotopic (exact) mass is 266 g/mol. The summed E-state index contributed by atoms with van der Waals surface area (Å²) >= 11 is 0. The number of hydrogen-bond acceptors (Lipinski definition) is 2. The molecule has 2 atom stereocenters. The summed E-state index contributed by atoms with van der Waals surface area (Å²) in [4.78, 5) is 15.0. The van der Waals surface area contributed by atoms with Crippen LogP contribution in [-0.4, -0.2) is 29.9 Å². The van der Waals surface area contributed by atoms with Gasteiger partial charge in [-0.2, -0.15) is 0 Å². The van der Waals surface area contributed by atoms with Crippen molar-refractivity contribution in [1.29, 1.82) is 0 Å². The number of nitrogens with zero attached hydrogens (tertiary/aromatic N) is 1. The van der Waals surface area contributed by atoms with E-state index in [1.165, 1.54) is 12.8 Å². The number of likely N-dealkylation sites (tertiary alicyclic amines) is 1. The Labute approximate surface area is 117 Å². The molecule has 1 aliphatic heterocycles. The third kappa shape index (κ3) is 3.13. The normalized spacial score (nSPS) is 28.1. The SMILES string of the molecule is CC(C)CC1(C(=O)N2CCCC(C(C)N)C2)CCC1. The smallest absolute Gasteiger partial charge is 0.228 e. The van der Waals surface area contributed by atoms with Crippen molar-refractivity contribution >= 4 is 5.91 Å². The first-order valence-electron chi connectivity index (χ1n) is 7.99. The number of rotatable bonds is 4. The van der Waals surface area contributed by atoms with Crippen molar-refractivity contribution in [1.82, 2.24) is 4.90 Å². The second kappa shape index (κ2) is 5.82. The van der Waals surface area contributed by atoms with E-state index in [9.17, 15) is 4.79 Å². The second-order valence-corrected chi connectivity index (χ2v) is 7.24. The maximum absolute atomic E-state index is 12.9. The van der Waals surface area contributed by atoms with E-state index in [2.05, 4.69) is 25.7 Å². The first-order valence-corrected chi connectivity index (χ1v) is 7.99. The topological polar surface area (TPSA) is 46.3 Å². The zero-order valence-electron chi connectivity index (χ0n) is 12.8. The predicted octanol–water partition coefficient (Wildman–Crippen LogP) is 2.79. The Morgan fingerprint density at radius 2 is 2.00 bits per heavy atom. The first-order chi connectivity index (χ1) is 8.94. The Morgan fingerprint density at radius 1 is 1.32 bits per heavy atom. The first kappa shape index (κ1) is 14.8. The summed E-state index contributed by atoms with van der Waals surface area (Å²) in [5.74, 6) is 1.53. The molecule has 2 N–H and O–H groups in total. The van der Waals surface area contributed by atoms with Gasteiger partial charge in [-0.15, -0.1) is 0 Å². The molecule has 1 aliphatic carbocycles. The molecule has 110 valence electrons. The van der Waals surface area contributed by atoms with Crippen LogP contribution in [0.3, 0.4) is 0 Å². The Bertz CT molecular complexity index is 321. The summed E-state index contributed by atoms with van der Waals surface area (Å²) in [6.45, 7) is 8.37. The fourth-order valence-electron chi connectivity index (χ4n) is 3.85. The summed E-state index contributed by atoms with van der Waals surface area (Å²) in [7, 11) is 0. The number of carbonyl (C=O) groups is 1. The molecule has 0 radical (unpaired) electrons. The summed E-state index contributed by atoms with van der Waals surface area (Å²) in [6.07, 6.45) is 6.79. The van der Waals surface area contributed by atoms with Gasteiger partial charge < -0.3 is 10.6 Å². The van der Waals surface area contributed by atoms with Gasteiger partial charge in [0.15, 0.2) is 0 Å². The van der Waals surface area contributed by atoms with Gasteiger partial charge in [-0.1, -0.05) is 20.3 Å². The summed E-state index contributed by atoms with van der Waals surface area (Å²) in [6, 6.07) is 0.207. The lowest BCUT2D eigenvalue weighted by molar-refractivity contribution is -0.151. The molecule has 1 saturated carbocycles. The van der Waals surface area contributed by atoms with Gasteiger partial charge in [0.2, 0.25) is 5.91 Å². The van der Waals surface area contributed by atoms with Crippen molar-refractivity contribution in [3.8, 4) is 0 Å². The molecule has 1 heterocycles. The van der Waals surface area contributed by atoms with Crippen LogP contribution >= 0.6 is 0 Å². The lowest BCUT2D eigenvalue weighted by Gasteiger charge is -2.47. The molecule has 2 rings (SSSR count). The van der Waals surface area contributed by atoms with E-state index in [0.717, 1.165) is 38.8 Å². The molecular weight excluding hydrogens is 236 g/mol. The van der Waals surface area contributed by atoms with Crippen molar-refractivity contribution in [2.24, 2.45) is 23.0 Å². The van der Waals surface area contributed by atoms with Gasteiger partial charge in [0.05, 0.1) is 0 Å². The van der Waals surface area contributed by atoms with E-state index in [4.69, 9.17) is 5.73 Å². The quantitative estimate of drug-likeness (QED) is 0.850. The Balaban J connectivity index is 2.01. The lowest BCUT2D eigenvalue weighted by Crippen LogP contribution is -2.53. The number of hydrogen-bond donors (Lipinski definition) is 1. The van der Waals surface area contributed by atoms with Crippen LogP contribution in [0.4, 0.5) is 0 Å². The minimum atomic E-state index is -0.0199. The molecule has 0 aromatic rings. The van der Waals surface area contributed by atoms with Crippen molar-refractivity contribution in [3.63, 3.8) is 0 Å². The number of amides is 1. The minimum Gasteiger partial charge on any atom is -0.342 e. The van der Waals surface area contributed by atoms with E-state index in [0.29, 0.717) is 17.7 Å². The molecule has 1 amide bonds. The van der Waals surface area contributed by atoms with Gasteiger partial charge in [0.25, 0.3) is 0 Å². The van der Waals surface area contributed by atoms with Gasteiger partial charge in [-0.25, -0.2) is 0 Å². The van der Waals surface area contributed by atoms with E-state index < -0.39 is 0 Å². The van der Waals surface area contributed by atoms with Crippen LogP contribution in [0.15, 0.2) is 0 Å². The zero-order valence-corrected chi connectivity index (χ0v) is 12.8. The second-order valence-electron chi connectivity index (χ2n) is 7.24. The molecule has 2 fully saturated rings. The van der Waals surface area contributed by atoms with Crippen LogP contribution in [0.25, 0.3) is 0 Å². The van der Waals surface area contributed by atoms with E-state index >= 15 is 0 Å². The Kier molecular flexibility index (Phi) is 4.54. The van der Waals surface area contributed by atoms with Crippen LogP contribution in [0.5, 0.6) is 0 Å². The standard InChI is InChI=1S/C16H30N2O/c1-12(2)10-16(7-5-8-16)15(19)18-9-4-6-14(11-18)13(3)17/h12-14H,4-11,17H2,1-3H3. The molecule has 2 aliphatic rings. The molecule has 0 aromatic heterocycles. The predicted molar refractivity (Wildman–Crippen MR) is 78.7 cm³/mol. The van der Waals surface area contributed by atoms with Crippen LogP contribution in [0.1, 0.15) is 59.3 Å². The maximum atomic E-state index is 12.9. The number of nitrogens with two attached hydrogens (primary N) is 1. The van der Waals surface area contributed by atoms with Crippen LogP contribution < -0.4 is 5.73 Å². The minimum absolute atomic E-state index is 0.0199. The molecule has 3 heteroatoms. The average molecular weight is 266 g/mol. The van der Waals surface area contributed by atoms with Crippen LogP contribution in [0.2, 0.25) is 0 Å². The molecular formula is C16H30N2O. The van der Waals surface area contributed by atoms with Crippen molar-refractivity contribution < 1.29 is 4.79 Å². The van der Waals surface area contributed by atoms with Gasteiger partial charge in [-0.3, -0.25) is 4.79 Å². The Morgan fingerprint density at radius 3 is 2.47 bits per heavy atom. The van der Waals surface area contributed by atoms with E-state index in [-0.39, 0.29) is 11.5 Å². The third-order valence-electron chi connectivity index (χ3n) is 5.05. The van der Waals surface area contributed by atoms with Crippen molar-refractivity contribution in [2.75, 3.05) is 13.1 Å². The van der Waals surface area contributed by atoms with Crippen LogP contribution in [0, 0.1) is 17.3 Å². The molecule has 19 heavy (non-hydrogen) atoms. The third-order valence-corrected chi connectivity index (χ3v) is 5.05. The molecule has 3 nitrogen and oxygen atoms in total. The van der Waals surface area contributed by atoms with Crippen molar-refractivity contribution in [2.45, 2.75) is 65.3 Å².